The van der Waals surface area contributed by atoms with E-state index in [1.54, 1.807) is 0 Å². The van der Waals surface area contributed by atoms with Crippen molar-refractivity contribution < 1.29 is 9.53 Å². The summed E-state index contributed by atoms with van der Waals surface area (Å²) in [5.41, 5.74) is 3.49. The third kappa shape index (κ3) is 2.72. The molecule has 3 nitrogen and oxygen atoms in total. The molecule has 1 rings (SSSR count). The normalized spacial score (nSPS) is 9.87. The fourth-order valence-corrected chi connectivity index (χ4v) is 1.49. The van der Waals surface area contributed by atoms with Crippen molar-refractivity contribution in [3.8, 4) is 0 Å². The molecule has 15 heavy (non-hydrogen) atoms. The summed E-state index contributed by atoms with van der Waals surface area (Å²) in [5.74, 6) is -0.224. The molecule has 0 fully saturated rings. The van der Waals surface area contributed by atoms with E-state index in [2.05, 4.69) is 24.7 Å². The molecule has 0 unspecified atom stereocenters. The van der Waals surface area contributed by atoms with Crippen LogP contribution in [0.1, 0.15) is 11.1 Å². The highest BCUT2D eigenvalue weighted by atomic mass is 16.5. The van der Waals surface area contributed by atoms with E-state index >= 15 is 0 Å². The Kier molecular flexibility index (Phi) is 3.72. The molecule has 0 aliphatic rings. The highest BCUT2D eigenvalue weighted by Gasteiger charge is 2.09. The molecule has 0 saturated carbocycles. The van der Waals surface area contributed by atoms with E-state index in [1.165, 1.54) is 18.2 Å². The van der Waals surface area contributed by atoms with Crippen LogP contribution in [-0.2, 0) is 9.53 Å². The molecule has 0 aromatic heterocycles. The van der Waals surface area contributed by atoms with Crippen LogP contribution in [0.2, 0.25) is 0 Å². The Hall–Kier alpha value is -1.51. The predicted octanol–water partition coefficient (Wildman–Crippen LogP) is 1.91. The number of ether oxygens (including phenoxy) is 1. The number of rotatable bonds is 3. The topological polar surface area (TPSA) is 29.5 Å². The Morgan fingerprint density at radius 3 is 2.67 bits per heavy atom. The largest absolute Gasteiger partial charge is 0.468 e. The molecule has 1 aromatic rings. The fraction of sp³-hybridized carbons (Fsp3) is 0.417. The lowest BCUT2D eigenvalue weighted by atomic mass is 10.1. The lowest BCUT2D eigenvalue weighted by Crippen LogP contribution is -2.27. The zero-order valence-electron chi connectivity index (χ0n) is 9.70. The van der Waals surface area contributed by atoms with E-state index < -0.39 is 0 Å². The van der Waals surface area contributed by atoms with Gasteiger partial charge in [-0.15, -0.1) is 0 Å². The second-order valence-corrected chi connectivity index (χ2v) is 3.65. The molecular formula is C12H17NO2. The summed E-state index contributed by atoms with van der Waals surface area (Å²) in [7, 11) is 3.29. The second kappa shape index (κ2) is 4.82. The molecule has 3 heteroatoms. The Morgan fingerprint density at radius 1 is 1.40 bits per heavy atom. The molecule has 82 valence electrons. The first-order chi connectivity index (χ1) is 7.06. The summed E-state index contributed by atoms with van der Waals surface area (Å²) in [5, 5.41) is 0. The summed E-state index contributed by atoms with van der Waals surface area (Å²) in [4.78, 5) is 13.0. The van der Waals surface area contributed by atoms with Crippen molar-refractivity contribution in [3.05, 3.63) is 29.3 Å². The summed E-state index contributed by atoms with van der Waals surface area (Å²) >= 11 is 0. The number of hydrogen-bond donors (Lipinski definition) is 0. The Bertz CT molecular complexity index is 361. The van der Waals surface area contributed by atoms with Crippen molar-refractivity contribution >= 4 is 11.7 Å². The van der Waals surface area contributed by atoms with Gasteiger partial charge in [-0.25, -0.2) is 0 Å². The van der Waals surface area contributed by atoms with E-state index in [1.807, 2.05) is 24.1 Å². The average Bonchev–Trinajstić information content (AvgIpc) is 2.21. The van der Waals surface area contributed by atoms with Gasteiger partial charge >= 0.3 is 5.97 Å². The number of anilines is 1. The van der Waals surface area contributed by atoms with Gasteiger partial charge < -0.3 is 9.64 Å². The molecule has 0 N–H and O–H groups in total. The van der Waals surface area contributed by atoms with Crippen LogP contribution in [0.25, 0.3) is 0 Å². The van der Waals surface area contributed by atoms with Gasteiger partial charge in [0, 0.05) is 12.7 Å². The van der Waals surface area contributed by atoms with E-state index in [-0.39, 0.29) is 12.5 Å². The number of esters is 1. The molecular weight excluding hydrogens is 190 g/mol. The van der Waals surface area contributed by atoms with Crippen LogP contribution < -0.4 is 4.90 Å². The third-order valence-electron chi connectivity index (χ3n) is 2.58. The Balaban J connectivity index is 2.86. The SMILES string of the molecule is COC(=O)CN(C)c1cccc(C)c1C. The number of carbonyl (C=O) groups excluding carboxylic acids is 1. The maximum absolute atomic E-state index is 11.1. The highest BCUT2D eigenvalue weighted by molar-refractivity contribution is 5.76. The van der Waals surface area contributed by atoms with Crippen molar-refractivity contribution in [2.24, 2.45) is 0 Å². The summed E-state index contributed by atoms with van der Waals surface area (Å²) in [6, 6.07) is 6.06. The van der Waals surface area contributed by atoms with Gasteiger partial charge in [-0.3, -0.25) is 4.79 Å². The average molecular weight is 207 g/mol. The van der Waals surface area contributed by atoms with Crippen molar-refractivity contribution in [1.29, 1.82) is 0 Å². The number of benzene rings is 1. The molecule has 0 amide bonds. The molecule has 0 radical (unpaired) electrons. The number of methoxy groups -OCH3 is 1. The fourth-order valence-electron chi connectivity index (χ4n) is 1.49. The van der Waals surface area contributed by atoms with Crippen LogP contribution in [0.4, 0.5) is 5.69 Å². The number of hydrogen-bond acceptors (Lipinski definition) is 3. The van der Waals surface area contributed by atoms with Crippen LogP contribution in [0.5, 0.6) is 0 Å². The van der Waals surface area contributed by atoms with Gasteiger partial charge in [0.05, 0.1) is 7.11 Å². The first-order valence-electron chi connectivity index (χ1n) is 4.90. The minimum Gasteiger partial charge on any atom is -0.468 e. The number of nitrogens with zero attached hydrogens (tertiary/aromatic N) is 1. The zero-order valence-corrected chi connectivity index (χ0v) is 9.70. The van der Waals surface area contributed by atoms with Crippen LogP contribution >= 0.6 is 0 Å². The van der Waals surface area contributed by atoms with Gasteiger partial charge in [-0.1, -0.05) is 12.1 Å². The standard InChI is InChI=1S/C12H17NO2/c1-9-6-5-7-11(10(9)2)13(3)8-12(14)15-4/h5-7H,8H2,1-4H3. The second-order valence-electron chi connectivity index (χ2n) is 3.65. The quantitative estimate of drug-likeness (QED) is 0.709. The van der Waals surface area contributed by atoms with Crippen molar-refractivity contribution in [2.75, 3.05) is 25.6 Å². The molecule has 0 aliphatic heterocycles. The van der Waals surface area contributed by atoms with Crippen LogP contribution in [-0.4, -0.2) is 26.7 Å². The Labute approximate surface area is 90.7 Å². The van der Waals surface area contributed by atoms with E-state index in [4.69, 9.17) is 0 Å². The monoisotopic (exact) mass is 207 g/mol. The zero-order chi connectivity index (χ0) is 11.4. The molecule has 0 aliphatic carbocycles. The maximum Gasteiger partial charge on any atom is 0.325 e. The van der Waals surface area contributed by atoms with Gasteiger partial charge in [-0.2, -0.15) is 0 Å². The van der Waals surface area contributed by atoms with E-state index in [0.29, 0.717) is 0 Å². The summed E-state index contributed by atoms with van der Waals surface area (Å²) in [6.45, 7) is 4.39. The summed E-state index contributed by atoms with van der Waals surface area (Å²) in [6.07, 6.45) is 0. The molecule has 0 heterocycles. The van der Waals surface area contributed by atoms with Gasteiger partial charge in [0.15, 0.2) is 0 Å². The minimum absolute atomic E-state index is 0.224. The molecule has 0 saturated heterocycles. The minimum atomic E-state index is -0.224. The highest BCUT2D eigenvalue weighted by Crippen LogP contribution is 2.21. The number of carbonyl (C=O) groups is 1. The van der Waals surface area contributed by atoms with Gasteiger partial charge in [0.2, 0.25) is 0 Å². The Morgan fingerprint density at radius 2 is 2.07 bits per heavy atom. The third-order valence-corrected chi connectivity index (χ3v) is 2.58. The number of aryl methyl sites for hydroxylation is 1. The van der Waals surface area contributed by atoms with Crippen LogP contribution in [0.3, 0.4) is 0 Å². The van der Waals surface area contributed by atoms with Crippen LogP contribution in [0, 0.1) is 13.8 Å². The molecule has 0 atom stereocenters. The van der Waals surface area contributed by atoms with Crippen molar-refractivity contribution in [1.82, 2.24) is 0 Å². The van der Waals surface area contributed by atoms with E-state index in [0.717, 1.165) is 5.69 Å². The van der Waals surface area contributed by atoms with Gasteiger partial charge in [0.25, 0.3) is 0 Å². The van der Waals surface area contributed by atoms with Crippen LogP contribution in [0.15, 0.2) is 18.2 Å². The molecule has 0 bridgehead atoms. The predicted molar refractivity (Wildman–Crippen MR) is 61.2 cm³/mol. The maximum atomic E-state index is 11.1. The smallest absolute Gasteiger partial charge is 0.325 e. The van der Waals surface area contributed by atoms with Crippen molar-refractivity contribution in [2.45, 2.75) is 13.8 Å². The van der Waals surface area contributed by atoms with Crippen molar-refractivity contribution in [3.63, 3.8) is 0 Å². The summed E-state index contributed by atoms with van der Waals surface area (Å²) < 4.78 is 4.63. The first kappa shape index (κ1) is 11.6. The molecule has 0 spiro atoms. The van der Waals surface area contributed by atoms with E-state index in [9.17, 15) is 4.79 Å². The number of likely N-dealkylation sites (N-methyl/N-ethyl adjacent to an activating group) is 1. The lowest BCUT2D eigenvalue weighted by Gasteiger charge is -2.20. The van der Waals surface area contributed by atoms with Gasteiger partial charge in [-0.05, 0) is 31.0 Å². The van der Waals surface area contributed by atoms with Gasteiger partial charge in [0.1, 0.15) is 6.54 Å². The molecule has 1 aromatic carbocycles. The lowest BCUT2D eigenvalue weighted by molar-refractivity contribution is -0.138. The first-order valence-corrected chi connectivity index (χ1v) is 4.90.